The number of hydrogen-bond donors (Lipinski definition) is 0. The first kappa shape index (κ1) is 39.4. The van der Waals surface area contributed by atoms with E-state index in [4.69, 9.17) is 19.4 Å². The minimum Gasteiger partial charge on any atom is -0.456 e. The highest BCUT2D eigenvalue weighted by molar-refractivity contribution is 6.33. The second-order valence-electron chi connectivity index (χ2n) is 17.1. The fraction of sp³-hybridized carbons (Fsp3) is 0.0317. The largest absolute Gasteiger partial charge is 0.456 e. The number of hydrogen-bond acceptors (Lipinski definition) is 4. The topological polar surface area (TPSA) is 56.7 Å². The third kappa shape index (κ3) is 6.20. The molecule has 0 radical (unpaired) electrons. The molecule has 0 fully saturated rings. The van der Waals surface area contributed by atoms with E-state index in [2.05, 4.69) is 217 Å². The Bertz CT molecular complexity index is 4280. The molecule has 0 atom stereocenters. The van der Waals surface area contributed by atoms with Crippen molar-refractivity contribution in [2.24, 2.45) is 0 Å². The molecule has 0 unspecified atom stereocenters. The predicted molar refractivity (Wildman–Crippen MR) is 285 cm³/mol. The Morgan fingerprint density at radius 1 is 0.324 bits per heavy atom. The molecular weight excluding hydrogens is 829 g/mol. The van der Waals surface area contributed by atoms with Crippen molar-refractivity contribution in [2.45, 2.75) is 13.8 Å². The maximum Gasteiger partial charge on any atom is 0.238 e. The highest BCUT2D eigenvalue weighted by Gasteiger charge is 2.25. The molecule has 5 nitrogen and oxygen atoms in total. The van der Waals surface area contributed by atoms with Gasteiger partial charge in [-0.3, -0.25) is 4.57 Å². The van der Waals surface area contributed by atoms with Crippen LogP contribution in [-0.4, -0.2) is 19.5 Å². The Hall–Kier alpha value is -8.93. The van der Waals surface area contributed by atoms with Gasteiger partial charge in [0.2, 0.25) is 5.95 Å². The first-order valence-corrected chi connectivity index (χ1v) is 23.3. The van der Waals surface area contributed by atoms with Crippen LogP contribution in [0.1, 0.15) is 13.8 Å². The first-order valence-electron chi connectivity index (χ1n) is 23.3. The fourth-order valence-corrected chi connectivity index (χ4v) is 10.4. The van der Waals surface area contributed by atoms with Crippen LogP contribution in [0.2, 0.25) is 0 Å². The molecule has 0 N–H and O–H groups in total. The van der Waals surface area contributed by atoms with Gasteiger partial charge < -0.3 is 4.42 Å². The summed E-state index contributed by atoms with van der Waals surface area (Å²) in [4.78, 5) is 16.3. The van der Waals surface area contributed by atoms with E-state index in [-0.39, 0.29) is 0 Å². The third-order valence-corrected chi connectivity index (χ3v) is 13.4. The minimum absolute atomic E-state index is 0.545. The van der Waals surface area contributed by atoms with Crippen molar-refractivity contribution in [3.63, 3.8) is 0 Å². The number of para-hydroxylation sites is 1. The predicted octanol–water partition coefficient (Wildman–Crippen LogP) is 17.2. The monoisotopic (exact) mass is 870 g/mol. The second-order valence-corrected chi connectivity index (χ2v) is 17.1. The molecule has 0 spiro atoms. The Morgan fingerprint density at radius 2 is 0.882 bits per heavy atom. The molecule has 5 heteroatoms. The van der Waals surface area contributed by atoms with Crippen LogP contribution >= 0.6 is 0 Å². The minimum atomic E-state index is 0.545. The lowest BCUT2D eigenvalue weighted by Gasteiger charge is -2.15. The van der Waals surface area contributed by atoms with Gasteiger partial charge in [0, 0.05) is 43.6 Å². The molecule has 0 bridgehead atoms. The van der Waals surface area contributed by atoms with Gasteiger partial charge in [0.1, 0.15) is 11.2 Å². The van der Waals surface area contributed by atoms with Crippen molar-refractivity contribution >= 4 is 86.8 Å². The van der Waals surface area contributed by atoms with Crippen molar-refractivity contribution in [3.05, 3.63) is 218 Å². The summed E-state index contributed by atoms with van der Waals surface area (Å²) >= 11 is 0. The van der Waals surface area contributed by atoms with Gasteiger partial charge in [-0.2, -0.15) is 9.97 Å². The lowest BCUT2D eigenvalue weighted by atomic mass is 9.95. The summed E-state index contributed by atoms with van der Waals surface area (Å²) in [6, 6.07) is 77.5. The summed E-state index contributed by atoms with van der Waals surface area (Å²) in [5, 5.41) is 13.8. The molecule has 3 aromatic heterocycles. The molecule has 14 rings (SSSR count). The Labute approximate surface area is 392 Å². The fourth-order valence-electron chi connectivity index (χ4n) is 10.4. The number of fused-ring (bicyclic) bond motifs is 14. The number of rotatable bonds is 5. The second kappa shape index (κ2) is 15.9. The normalized spacial score (nSPS) is 11.7. The van der Waals surface area contributed by atoms with E-state index in [1.165, 1.54) is 26.9 Å². The van der Waals surface area contributed by atoms with Crippen molar-refractivity contribution < 1.29 is 4.42 Å². The molecular formula is C63H42N4O. The highest BCUT2D eigenvalue weighted by Crippen LogP contribution is 2.46. The zero-order chi connectivity index (χ0) is 45.3. The number of benzene rings is 11. The van der Waals surface area contributed by atoms with E-state index >= 15 is 0 Å². The molecule has 0 aliphatic rings. The average Bonchev–Trinajstić information content (AvgIpc) is 3.98. The van der Waals surface area contributed by atoms with Gasteiger partial charge in [0.25, 0.3) is 0 Å². The summed E-state index contributed by atoms with van der Waals surface area (Å²) in [5.74, 6) is 1.74. The molecule has 3 heterocycles. The van der Waals surface area contributed by atoms with Gasteiger partial charge in [0.05, 0.1) is 11.0 Å². The maximum atomic E-state index is 6.51. The van der Waals surface area contributed by atoms with Gasteiger partial charge in [-0.15, -0.1) is 0 Å². The third-order valence-electron chi connectivity index (χ3n) is 13.4. The molecule has 0 saturated carbocycles. The van der Waals surface area contributed by atoms with E-state index in [0.717, 1.165) is 93.3 Å². The van der Waals surface area contributed by atoms with E-state index in [1.807, 2.05) is 19.9 Å². The van der Waals surface area contributed by atoms with Gasteiger partial charge in [0.15, 0.2) is 11.6 Å². The lowest BCUT2D eigenvalue weighted by molar-refractivity contribution is 0.669. The summed E-state index contributed by atoms with van der Waals surface area (Å²) in [6.45, 7) is 4.00. The van der Waals surface area contributed by atoms with Crippen LogP contribution in [0.4, 0.5) is 0 Å². The van der Waals surface area contributed by atoms with Crippen LogP contribution in [0.15, 0.2) is 223 Å². The molecule has 11 aromatic carbocycles. The highest BCUT2D eigenvalue weighted by atomic mass is 16.3. The molecule has 0 amide bonds. The Morgan fingerprint density at radius 3 is 1.68 bits per heavy atom. The van der Waals surface area contributed by atoms with E-state index in [0.29, 0.717) is 17.6 Å². The van der Waals surface area contributed by atoms with Crippen LogP contribution in [0.3, 0.4) is 0 Å². The molecule has 68 heavy (non-hydrogen) atoms. The van der Waals surface area contributed by atoms with Crippen LogP contribution in [0.5, 0.6) is 0 Å². The quantitative estimate of drug-likeness (QED) is 0.162. The van der Waals surface area contributed by atoms with Crippen molar-refractivity contribution in [3.8, 4) is 51.0 Å². The Balaban J connectivity index is 0.00000226. The smallest absolute Gasteiger partial charge is 0.238 e. The van der Waals surface area contributed by atoms with Crippen LogP contribution in [0.25, 0.3) is 138 Å². The number of nitrogens with zero attached hydrogens (tertiary/aromatic N) is 4. The zero-order valence-corrected chi connectivity index (χ0v) is 37.5. The molecule has 14 aromatic rings. The zero-order valence-electron chi connectivity index (χ0n) is 37.5. The molecule has 320 valence electrons. The van der Waals surface area contributed by atoms with Gasteiger partial charge >= 0.3 is 0 Å². The lowest BCUT2D eigenvalue weighted by Crippen LogP contribution is -2.07. The van der Waals surface area contributed by atoms with Crippen LogP contribution < -0.4 is 0 Å². The molecule has 0 saturated heterocycles. The first-order chi connectivity index (χ1) is 33.7. The summed E-state index contributed by atoms with van der Waals surface area (Å²) in [7, 11) is 0. The summed E-state index contributed by atoms with van der Waals surface area (Å²) in [5.41, 5.74) is 10.0. The van der Waals surface area contributed by atoms with Crippen molar-refractivity contribution in [1.29, 1.82) is 0 Å². The standard InChI is InChI=1S/C61H36N4O.C2H6/c1-2-13-37(14-3-1)39-25-28-41(29-26-39)59-62-60(44-30-27-38-15-4-5-17-42(38)35-44)64-61(63-59)65-57-46(43-32-33-53-52(36-43)55-45-18-7-6-16-40(45)31-34-54(55)66-53)23-12-24-51(57)56-49-21-10-8-19-47(49)48-20-9-11-22-50(48)58(56)65;1-2/h1-36H;1-2H3. The van der Waals surface area contributed by atoms with Crippen LogP contribution in [-0.2, 0) is 0 Å². The van der Waals surface area contributed by atoms with Gasteiger partial charge in [-0.25, -0.2) is 4.98 Å². The van der Waals surface area contributed by atoms with E-state index < -0.39 is 0 Å². The number of furan rings is 1. The van der Waals surface area contributed by atoms with E-state index in [9.17, 15) is 0 Å². The van der Waals surface area contributed by atoms with Gasteiger partial charge in [-0.1, -0.05) is 208 Å². The average molecular weight is 871 g/mol. The van der Waals surface area contributed by atoms with Crippen molar-refractivity contribution in [1.82, 2.24) is 19.5 Å². The van der Waals surface area contributed by atoms with Crippen molar-refractivity contribution in [2.75, 3.05) is 0 Å². The summed E-state index contributed by atoms with van der Waals surface area (Å²) < 4.78 is 8.83. The summed E-state index contributed by atoms with van der Waals surface area (Å²) in [6.07, 6.45) is 0. The molecule has 0 aliphatic carbocycles. The maximum absolute atomic E-state index is 6.51. The SMILES string of the molecule is CC.c1ccc(-c2ccc(-c3nc(-c4ccc5ccccc5c4)nc(-n4c5c(-c6ccc7oc8ccc9ccccc9c8c7c6)cccc5c5c6ccccc6c6ccccc6c54)n3)cc2)cc1. The molecule has 0 aliphatic heterocycles. The van der Waals surface area contributed by atoms with E-state index in [1.54, 1.807) is 0 Å². The van der Waals surface area contributed by atoms with Crippen LogP contribution in [0, 0.1) is 0 Å². The van der Waals surface area contributed by atoms with Gasteiger partial charge in [-0.05, 0) is 78.7 Å². The Kier molecular flexibility index (Phi) is 9.22. The number of aromatic nitrogens is 4.